The van der Waals surface area contributed by atoms with Gasteiger partial charge in [-0.1, -0.05) is 18.2 Å². The Hall–Kier alpha value is -2.26. The summed E-state index contributed by atoms with van der Waals surface area (Å²) < 4.78 is 5.86. The molecule has 3 nitrogen and oxygen atoms in total. The highest BCUT2D eigenvalue weighted by atomic mass is 16.5. The Morgan fingerprint density at radius 3 is 2.85 bits per heavy atom. The number of hydrogen-bond donors (Lipinski definition) is 2. The maximum absolute atomic E-state index is 5.86. The van der Waals surface area contributed by atoms with Crippen molar-refractivity contribution in [2.24, 2.45) is 5.73 Å². The molecule has 0 unspecified atom stereocenters. The zero-order valence-electron chi connectivity index (χ0n) is 11.5. The summed E-state index contributed by atoms with van der Waals surface area (Å²) in [7, 11) is 0. The van der Waals surface area contributed by atoms with Crippen LogP contribution in [0, 0.1) is 6.92 Å². The molecule has 0 fully saturated rings. The van der Waals surface area contributed by atoms with Crippen molar-refractivity contribution in [2.75, 3.05) is 0 Å². The van der Waals surface area contributed by atoms with E-state index in [2.05, 4.69) is 30.1 Å². The van der Waals surface area contributed by atoms with E-state index in [1.165, 1.54) is 10.9 Å². The van der Waals surface area contributed by atoms with Gasteiger partial charge in [0.05, 0.1) is 0 Å². The molecule has 0 saturated carbocycles. The summed E-state index contributed by atoms with van der Waals surface area (Å²) in [6, 6.07) is 14.3. The van der Waals surface area contributed by atoms with Gasteiger partial charge in [0.1, 0.15) is 12.4 Å². The molecule has 0 aliphatic carbocycles. The normalized spacial score (nSPS) is 10.9. The molecule has 0 radical (unpaired) electrons. The average molecular weight is 266 g/mol. The molecule has 0 atom stereocenters. The van der Waals surface area contributed by atoms with Crippen molar-refractivity contribution in [1.29, 1.82) is 0 Å². The first-order valence-electron chi connectivity index (χ1n) is 6.74. The van der Waals surface area contributed by atoms with Gasteiger partial charge in [-0.2, -0.15) is 0 Å². The lowest BCUT2D eigenvalue weighted by molar-refractivity contribution is 0.307. The summed E-state index contributed by atoms with van der Waals surface area (Å²) in [5.41, 5.74) is 10.3. The second kappa shape index (κ2) is 5.39. The standard InChI is InChI=1S/C17H18N2O/c1-12-3-2-4-15(7-12)20-11-14-10-19-17-6-5-13(9-18)8-16(14)17/h2-8,10,19H,9,11,18H2,1H3. The molecular weight excluding hydrogens is 248 g/mol. The molecule has 20 heavy (non-hydrogen) atoms. The fraction of sp³-hybridized carbons (Fsp3) is 0.176. The number of aromatic nitrogens is 1. The van der Waals surface area contributed by atoms with Crippen LogP contribution in [0.25, 0.3) is 10.9 Å². The van der Waals surface area contributed by atoms with Crippen molar-refractivity contribution in [3.8, 4) is 5.75 Å². The summed E-state index contributed by atoms with van der Waals surface area (Å²) in [6.45, 7) is 3.17. The average Bonchev–Trinajstić information content (AvgIpc) is 2.87. The van der Waals surface area contributed by atoms with Gasteiger partial charge in [-0.3, -0.25) is 0 Å². The van der Waals surface area contributed by atoms with E-state index in [1.807, 2.05) is 30.5 Å². The van der Waals surface area contributed by atoms with Crippen LogP contribution in [0.5, 0.6) is 5.75 Å². The number of rotatable bonds is 4. The van der Waals surface area contributed by atoms with Crippen LogP contribution in [0.3, 0.4) is 0 Å². The molecule has 0 aliphatic rings. The molecule has 1 aromatic heterocycles. The van der Waals surface area contributed by atoms with Gasteiger partial charge < -0.3 is 15.5 Å². The molecule has 102 valence electrons. The van der Waals surface area contributed by atoms with Crippen LogP contribution in [0.1, 0.15) is 16.7 Å². The third kappa shape index (κ3) is 2.53. The Morgan fingerprint density at radius 1 is 1.15 bits per heavy atom. The first kappa shape index (κ1) is 12.8. The first-order chi connectivity index (χ1) is 9.76. The number of ether oxygens (including phenoxy) is 1. The number of fused-ring (bicyclic) bond motifs is 1. The van der Waals surface area contributed by atoms with E-state index in [-0.39, 0.29) is 0 Å². The van der Waals surface area contributed by atoms with E-state index in [0.29, 0.717) is 13.2 Å². The second-order valence-corrected chi connectivity index (χ2v) is 5.00. The van der Waals surface area contributed by atoms with E-state index in [1.54, 1.807) is 0 Å². The largest absolute Gasteiger partial charge is 0.489 e. The number of nitrogens with one attached hydrogen (secondary N) is 1. The third-order valence-electron chi connectivity index (χ3n) is 3.45. The summed E-state index contributed by atoms with van der Waals surface area (Å²) in [5.74, 6) is 0.898. The number of aromatic amines is 1. The molecule has 0 aliphatic heterocycles. The quantitative estimate of drug-likeness (QED) is 0.759. The molecule has 0 spiro atoms. The summed E-state index contributed by atoms with van der Waals surface area (Å²) in [6.07, 6.45) is 2.00. The van der Waals surface area contributed by atoms with Crippen LogP contribution in [-0.2, 0) is 13.2 Å². The molecule has 3 heteroatoms. The van der Waals surface area contributed by atoms with Crippen LogP contribution in [0.15, 0.2) is 48.7 Å². The molecule has 2 aromatic carbocycles. The van der Waals surface area contributed by atoms with Gasteiger partial charge in [0.25, 0.3) is 0 Å². The van der Waals surface area contributed by atoms with E-state index >= 15 is 0 Å². The highest BCUT2D eigenvalue weighted by Crippen LogP contribution is 2.22. The van der Waals surface area contributed by atoms with E-state index in [4.69, 9.17) is 10.5 Å². The van der Waals surface area contributed by atoms with Crippen LogP contribution in [0.4, 0.5) is 0 Å². The van der Waals surface area contributed by atoms with Crippen LogP contribution >= 0.6 is 0 Å². The minimum atomic E-state index is 0.553. The van der Waals surface area contributed by atoms with Crippen molar-refractivity contribution in [1.82, 2.24) is 4.98 Å². The Bertz CT molecular complexity index is 731. The monoisotopic (exact) mass is 266 g/mol. The summed E-state index contributed by atoms with van der Waals surface area (Å²) >= 11 is 0. The lowest BCUT2D eigenvalue weighted by atomic mass is 10.1. The SMILES string of the molecule is Cc1cccc(OCc2c[nH]c3ccc(CN)cc23)c1. The lowest BCUT2D eigenvalue weighted by Gasteiger charge is -2.06. The zero-order valence-corrected chi connectivity index (χ0v) is 11.5. The van der Waals surface area contributed by atoms with Gasteiger partial charge in [0.2, 0.25) is 0 Å². The zero-order chi connectivity index (χ0) is 13.9. The number of nitrogens with two attached hydrogens (primary N) is 1. The fourth-order valence-electron chi connectivity index (χ4n) is 2.34. The Morgan fingerprint density at radius 2 is 2.05 bits per heavy atom. The van der Waals surface area contributed by atoms with Crippen molar-refractivity contribution in [2.45, 2.75) is 20.1 Å². The van der Waals surface area contributed by atoms with E-state index in [9.17, 15) is 0 Å². The maximum Gasteiger partial charge on any atom is 0.120 e. The molecule has 3 rings (SSSR count). The van der Waals surface area contributed by atoms with E-state index in [0.717, 1.165) is 22.4 Å². The minimum Gasteiger partial charge on any atom is -0.489 e. The highest BCUT2D eigenvalue weighted by Gasteiger charge is 2.05. The van der Waals surface area contributed by atoms with Crippen LogP contribution in [-0.4, -0.2) is 4.98 Å². The van der Waals surface area contributed by atoms with Gasteiger partial charge in [0.15, 0.2) is 0 Å². The molecule has 1 heterocycles. The second-order valence-electron chi connectivity index (χ2n) is 5.00. The Balaban J connectivity index is 1.83. The molecule has 3 N–H and O–H groups in total. The Kier molecular flexibility index (Phi) is 3.44. The fourth-order valence-corrected chi connectivity index (χ4v) is 2.34. The van der Waals surface area contributed by atoms with Gasteiger partial charge in [-0.05, 0) is 42.3 Å². The predicted molar refractivity (Wildman–Crippen MR) is 81.7 cm³/mol. The molecule has 0 saturated heterocycles. The van der Waals surface area contributed by atoms with Crippen LogP contribution in [0.2, 0.25) is 0 Å². The van der Waals surface area contributed by atoms with E-state index < -0.39 is 0 Å². The topological polar surface area (TPSA) is 51.0 Å². The predicted octanol–water partition coefficient (Wildman–Crippen LogP) is 3.51. The number of benzene rings is 2. The van der Waals surface area contributed by atoms with Gasteiger partial charge in [0, 0.05) is 29.2 Å². The summed E-state index contributed by atoms with van der Waals surface area (Å²) in [4.78, 5) is 3.27. The molecular formula is C17H18N2O. The highest BCUT2D eigenvalue weighted by molar-refractivity contribution is 5.83. The van der Waals surface area contributed by atoms with Crippen molar-refractivity contribution < 1.29 is 4.74 Å². The maximum atomic E-state index is 5.86. The number of aryl methyl sites for hydroxylation is 1. The smallest absolute Gasteiger partial charge is 0.120 e. The summed E-state index contributed by atoms with van der Waals surface area (Å²) in [5, 5.41) is 1.18. The minimum absolute atomic E-state index is 0.553. The van der Waals surface area contributed by atoms with Gasteiger partial charge >= 0.3 is 0 Å². The number of hydrogen-bond acceptors (Lipinski definition) is 2. The molecule has 0 bridgehead atoms. The van der Waals surface area contributed by atoms with Gasteiger partial charge in [-0.15, -0.1) is 0 Å². The Labute approximate surface area is 118 Å². The molecule has 3 aromatic rings. The van der Waals surface area contributed by atoms with Crippen LogP contribution < -0.4 is 10.5 Å². The lowest BCUT2D eigenvalue weighted by Crippen LogP contribution is -1.97. The first-order valence-corrected chi connectivity index (χ1v) is 6.74. The van der Waals surface area contributed by atoms with Crippen molar-refractivity contribution in [3.63, 3.8) is 0 Å². The third-order valence-corrected chi connectivity index (χ3v) is 3.45. The molecule has 0 amide bonds. The van der Waals surface area contributed by atoms with Gasteiger partial charge in [-0.25, -0.2) is 0 Å². The number of H-pyrrole nitrogens is 1. The van der Waals surface area contributed by atoms with Crippen molar-refractivity contribution >= 4 is 10.9 Å². The van der Waals surface area contributed by atoms with Crippen molar-refractivity contribution in [3.05, 3.63) is 65.4 Å².